The third-order valence-corrected chi connectivity index (χ3v) is 2.56. The Morgan fingerprint density at radius 2 is 1.87 bits per heavy atom. The van der Waals surface area contributed by atoms with Crippen molar-refractivity contribution in [1.29, 1.82) is 0 Å². The molecule has 15 heavy (non-hydrogen) atoms. The number of hydrogen-bond donors (Lipinski definition) is 0. The average Bonchev–Trinajstić information content (AvgIpc) is 2.18. The zero-order valence-corrected chi connectivity index (χ0v) is 9.69. The largest absolute Gasteiger partial charge is 0.336 e. The fraction of sp³-hybridized carbons (Fsp3) is 0.800. The highest BCUT2D eigenvalue weighted by Gasteiger charge is 2.29. The van der Waals surface area contributed by atoms with Crippen molar-refractivity contribution >= 4 is 11.8 Å². The minimum atomic E-state index is -0.383. The number of rotatable bonds is 4. The molecule has 0 spiro atoms. The zero-order chi connectivity index (χ0) is 11.4. The summed E-state index contributed by atoms with van der Waals surface area (Å²) in [6, 6.07) is 0. The molecule has 0 aliphatic carbocycles. The van der Waals surface area contributed by atoms with E-state index in [1.807, 2.05) is 14.1 Å². The molecule has 0 aromatic heterocycles. The van der Waals surface area contributed by atoms with E-state index in [1.54, 1.807) is 11.9 Å². The van der Waals surface area contributed by atoms with Crippen LogP contribution in [0.2, 0.25) is 0 Å². The zero-order valence-electron chi connectivity index (χ0n) is 9.69. The van der Waals surface area contributed by atoms with Crippen molar-refractivity contribution in [2.45, 2.75) is 6.42 Å². The molecule has 0 bridgehead atoms. The van der Waals surface area contributed by atoms with Crippen LogP contribution in [0.5, 0.6) is 0 Å². The highest BCUT2D eigenvalue weighted by molar-refractivity contribution is 6.35. The number of nitrogens with zero attached hydrogens (tertiary/aromatic N) is 3. The lowest BCUT2D eigenvalue weighted by Crippen LogP contribution is -2.53. The lowest BCUT2D eigenvalue weighted by atomic mass is 10.2. The maximum atomic E-state index is 11.5. The summed E-state index contributed by atoms with van der Waals surface area (Å²) < 4.78 is 0. The Hall–Kier alpha value is -1.10. The van der Waals surface area contributed by atoms with Gasteiger partial charge in [-0.1, -0.05) is 0 Å². The molecule has 0 aromatic rings. The van der Waals surface area contributed by atoms with Crippen molar-refractivity contribution in [1.82, 2.24) is 14.7 Å². The molecule has 0 saturated carbocycles. The highest BCUT2D eigenvalue weighted by atomic mass is 16.2. The van der Waals surface area contributed by atoms with Crippen LogP contribution in [-0.4, -0.2) is 73.8 Å². The van der Waals surface area contributed by atoms with Crippen LogP contribution >= 0.6 is 0 Å². The summed E-state index contributed by atoms with van der Waals surface area (Å²) in [5.41, 5.74) is 0. The van der Waals surface area contributed by atoms with Gasteiger partial charge in [0.15, 0.2) is 0 Å². The number of piperazine rings is 1. The van der Waals surface area contributed by atoms with E-state index in [1.165, 1.54) is 4.90 Å². The van der Waals surface area contributed by atoms with Crippen molar-refractivity contribution < 1.29 is 9.59 Å². The van der Waals surface area contributed by atoms with Crippen molar-refractivity contribution in [2.75, 3.05) is 47.3 Å². The molecule has 1 rings (SSSR count). The first kappa shape index (κ1) is 12.0. The van der Waals surface area contributed by atoms with Crippen LogP contribution in [0.1, 0.15) is 6.42 Å². The molecule has 2 amide bonds. The van der Waals surface area contributed by atoms with Gasteiger partial charge in [-0.15, -0.1) is 0 Å². The molecule has 1 aliphatic rings. The Morgan fingerprint density at radius 1 is 1.20 bits per heavy atom. The maximum absolute atomic E-state index is 11.5. The van der Waals surface area contributed by atoms with E-state index in [-0.39, 0.29) is 11.8 Å². The molecule has 1 aliphatic heterocycles. The van der Waals surface area contributed by atoms with Crippen LogP contribution in [0, 0.1) is 0 Å². The number of carbonyl (C=O) groups is 2. The van der Waals surface area contributed by atoms with Crippen molar-refractivity contribution in [3.8, 4) is 0 Å². The molecule has 1 fully saturated rings. The second-order valence-electron chi connectivity index (χ2n) is 4.18. The van der Waals surface area contributed by atoms with Gasteiger partial charge in [-0.3, -0.25) is 9.59 Å². The summed E-state index contributed by atoms with van der Waals surface area (Å²) in [5.74, 6) is -0.742. The Bertz CT molecular complexity index is 253. The van der Waals surface area contributed by atoms with E-state index in [0.29, 0.717) is 19.6 Å². The van der Waals surface area contributed by atoms with Gasteiger partial charge in [-0.25, -0.2) is 0 Å². The summed E-state index contributed by atoms with van der Waals surface area (Å²) >= 11 is 0. The third kappa shape index (κ3) is 3.20. The van der Waals surface area contributed by atoms with Crippen LogP contribution in [0.15, 0.2) is 0 Å². The number of hydrogen-bond acceptors (Lipinski definition) is 3. The number of likely N-dealkylation sites (N-methyl/N-ethyl adjacent to an activating group) is 1. The SMILES string of the molecule is CN(C)CCCN1CCN(C)C(=O)C1=O. The lowest BCUT2D eigenvalue weighted by Gasteiger charge is -2.31. The van der Waals surface area contributed by atoms with Crippen LogP contribution in [-0.2, 0) is 9.59 Å². The predicted molar refractivity (Wildman–Crippen MR) is 57.4 cm³/mol. The summed E-state index contributed by atoms with van der Waals surface area (Å²) in [4.78, 5) is 28.1. The number of amides is 2. The minimum absolute atomic E-state index is 0.359. The van der Waals surface area contributed by atoms with Crippen LogP contribution in [0.25, 0.3) is 0 Å². The first-order valence-electron chi connectivity index (χ1n) is 5.21. The van der Waals surface area contributed by atoms with E-state index < -0.39 is 0 Å². The molecule has 86 valence electrons. The summed E-state index contributed by atoms with van der Waals surface area (Å²) in [6.45, 7) is 2.92. The van der Waals surface area contributed by atoms with Crippen molar-refractivity contribution in [3.63, 3.8) is 0 Å². The minimum Gasteiger partial charge on any atom is -0.336 e. The number of carbonyl (C=O) groups excluding carboxylic acids is 2. The predicted octanol–water partition coefficient (Wildman–Crippen LogP) is -0.761. The van der Waals surface area contributed by atoms with E-state index in [9.17, 15) is 9.59 Å². The molecule has 0 atom stereocenters. The standard InChI is InChI=1S/C10H19N3O2/c1-11(2)5-4-6-13-8-7-12(3)9(14)10(13)15/h4-8H2,1-3H3. The highest BCUT2D eigenvalue weighted by Crippen LogP contribution is 2.03. The Kier molecular flexibility index (Phi) is 4.08. The van der Waals surface area contributed by atoms with E-state index in [2.05, 4.69) is 4.90 Å². The van der Waals surface area contributed by atoms with Gasteiger partial charge in [-0.2, -0.15) is 0 Å². The molecule has 0 radical (unpaired) electrons. The molecule has 0 N–H and O–H groups in total. The molecule has 0 aromatic carbocycles. The van der Waals surface area contributed by atoms with Crippen LogP contribution in [0.3, 0.4) is 0 Å². The fourth-order valence-corrected chi connectivity index (χ4v) is 1.56. The monoisotopic (exact) mass is 213 g/mol. The van der Waals surface area contributed by atoms with Gasteiger partial charge >= 0.3 is 11.8 Å². The van der Waals surface area contributed by atoms with E-state index >= 15 is 0 Å². The maximum Gasteiger partial charge on any atom is 0.312 e. The second-order valence-corrected chi connectivity index (χ2v) is 4.18. The van der Waals surface area contributed by atoms with Crippen LogP contribution < -0.4 is 0 Å². The Labute approximate surface area is 90.6 Å². The molecular weight excluding hydrogens is 194 g/mol. The topological polar surface area (TPSA) is 43.9 Å². The molecule has 1 heterocycles. The van der Waals surface area contributed by atoms with Gasteiger partial charge in [0.25, 0.3) is 0 Å². The molecule has 1 saturated heterocycles. The van der Waals surface area contributed by atoms with Gasteiger partial charge in [0.05, 0.1) is 0 Å². The first-order chi connectivity index (χ1) is 7.02. The third-order valence-electron chi connectivity index (χ3n) is 2.56. The lowest BCUT2D eigenvalue weighted by molar-refractivity contribution is -0.154. The Morgan fingerprint density at radius 3 is 2.47 bits per heavy atom. The van der Waals surface area contributed by atoms with Gasteiger partial charge in [0, 0.05) is 26.7 Å². The molecule has 5 heteroatoms. The summed E-state index contributed by atoms with van der Waals surface area (Å²) in [5, 5.41) is 0. The molecule has 5 nitrogen and oxygen atoms in total. The van der Waals surface area contributed by atoms with Crippen LogP contribution in [0.4, 0.5) is 0 Å². The Balaban J connectivity index is 2.36. The van der Waals surface area contributed by atoms with E-state index in [4.69, 9.17) is 0 Å². The summed E-state index contributed by atoms with van der Waals surface area (Å²) in [7, 11) is 5.66. The smallest absolute Gasteiger partial charge is 0.312 e. The summed E-state index contributed by atoms with van der Waals surface area (Å²) in [6.07, 6.45) is 0.912. The fourth-order valence-electron chi connectivity index (χ4n) is 1.56. The molecule has 0 unspecified atom stereocenters. The van der Waals surface area contributed by atoms with E-state index in [0.717, 1.165) is 13.0 Å². The second kappa shape index (κ2) is 5.11. The van der Waals surface area contributed by atoms with Gasteiger partial charge in [0.2, 0.25) is 0 Å². The normalized spacial score (nSPS) is 17.9. The van der Waals surface area contributed by atoms with Crippen molar-refractivity contribution in [2.24, 2.45) is 0 Å². The molecular formula is C10H19N3O2. The van der Waals surface area contributed by atoms with Crippen molar-refractivity contribution in [3.05, 3.63) is 0 Å². The quantitative estimate of drug-likeness (QED) is 0.577. The average molecular weight is 213 g/mol. The first-order valence-corrected chi connectivity index (χ1v) is 5.21. The van der Waals surface area contributed by atoms with Gasteiger partial charge < -0.3 is 14.7 Å². The van der Waals surface area contributed by atoms with Gasteiger partial charge in [0.1, 0.15) is 0 Å². The van der Waals surface area contributed by atoms with Gasteiger partial charge in [-0.05, 0) is 27.1 Å².